The predicted octanol–water partition coefficient (Wildman–Crippen LogP) is 2.38. The Morgan fingerprint density at radius 1 is 1.28 bits per heavy atom. The van der Waals surface area contributed by atoms with E-state index < -0.39 is 16.1 Å². The van der Waals surface area contributed by atoms with Crippen LogP contribution in [-0.2, 0) is 14.8 Å². The fourth-order valence-corrected chi connectivity index (χ4v) is 5.50. The van der Waals surface area contributed by atoms with Crippen LogP contribution >= 0.6 is 0 Å². The molecule has 0 aliphatic carbocycles. The zero-order valence-electron chi connectivity index (χ0n) is 17.2. The maximum absolute atomic E-state index is 13.2. The molecule has 1 amide bonds. The minimum atomic E-state index is -3.41. The third-order valence-electron chi connectivity index (χ3n) is 5.55. The van der Waals surface area contributed by atoms with Crippen molar-refractivity contribution in [2.45, 2.75) is 51.6 Å². The maximum atomic E-state index is 13.2. The zero-order chi connectivity index (χ0) is 21.0. The number of piperidine rings is 1. The average molecular weight is 420 g/mol. The first kappa shape index (κ1) is 21.4. The molecule has 9 heteroatoms. The van der Waals surface area contributed by atoms with Gasteiger partial charge in [0.2, 0.25) is 15.9 Å². The van der Waals surface area contributed by atoms with E-state index >= 15 is 0 Å². The number of rotatable bonds is 7. The van der Waals surface area contributed by atoms with Crippen molar-refractivity contribution >= 4 is 15.9 Å². The second-order valence-corrected chi connectivity index (χ2v) is 9.54. The number of benzene rings is 1. The van der Waals surface area contributed by atoms with E-state index in [0.29, 0.717) is 19.4 Å². The topological polar surface area (TPSA) is 88.4 Å². The number of nitrogens with zero attached hydrogens (tertiary/aromatic N) is 5. The van der Waals surface area contributed by atoms with Gasteiger partial charge in [-0.1, -0.05) is 25.5 Å². The van der Waals surface area contributed by atoms with Crippen LogP contribution in [-0.4, -0.2) is 63.7 Å². The van der Waals surface area contributed by atoms with Crippen LogP contribution in [0.1, 0.15) is 51.1 Å². The second-order valence-electron chi connectivity index (χ2n) is 7.50. The maximum Gasteiger partial charge on any atom is 0.241 e. The summed E-state index contributed by atoms with van der Waals surface area (Å²) >= 11 is 0. The fourth-order valence-electron chi connectivity index (χ4n) is 3.76. The van der Waals surface area contributed by atoms with E-state index in [1.54, 1.807) is 23.0 Å². The van der Waals surface area contributed by atoms with Gasteiger partial charge in [-0.25, -0.2) is 18.1 Å². The van der Waals surface area contributed by atoms with E-state index in [1.807, 2.05) is 38.1 Å². The average Bonchev–Trinajstić information content (AvgIpc) is 3.27. The second kappa shape index (κ2) is 9.04. The fraction of sp³-hybridized carbons (Fsp3) is 0.550. The summed E-state index contributed by atoms with van der Waals surface area (Å²) in [5, 5.41) is 4.11. The van der Waals surface area contributed by atoms with Crippen molar-refractivity contribution < 1.29 is 13.2 Å². The van der Waals surface area contributed by atoms with Gasteiger partial charge in [-0.2, -0.15) is 9.40 Å². The SMILES string of the molecule is CCCS(=O)(=O)N1CCCCC1C(=O)N(C)C(C)c1ccc(-n2cncn2)cc1. The number of carbonyl (C=O) groups is 1. The monoisotopic (exact) mass is 419 g/mol. The number of aromatic nitrogens is 3. The van der Waals surface area contributed by atoms with E-state index in [2.05, 4.69) is 10.1 Å². The van der Waals surface area contributed by atoms with Gasteiger partial charge in [0.05, 0.1) is 17.5 Å². The molecule has 1 aromatic carbocycles. The molecule has 158 valence electrons. The molecule has 0 radical (unpaired) electrons. The molecule has 2 heterocycles. The Kier molecular flexibility index (Phi) is 6.69. The van der Waals surface area contributed by atoms with Crippen molar-refractivity contribution in [3.63, 3.8) is 0 Å². The van der Waals surface area contributed by atoms with Crippen LogP contribution in [0.25, 0.3) is 5.69 Å². The van der Waals surface area contributed by atoms with Crippen LogP contribution in [0.4, 0.5) is 0 Å². The number of hydrogen-bond donors (Lipinski definition) is 0. The summed E-state index contributed by atoms with van der Waals surface area (Å²) in [4.78, 5) is 18.8. The first-order valence-electron chi connectivity index (χ1n) is 10.1. The van der Waals surface area contributed by atoms with Gasteiger partial charge in [0.15, 0.2) is 0 Å². The molecular formula is C20H29N5O3S. The highest BCUT2D eigenvalue weighted by molar-refractivity contribution is 7.89. The number of sulfonamides is 1. The van der Waals surface area contributed by atoms with E-state index in [-0.39, 0.29) is 17.7 Å². The van der Waals surface area contributed by atoms with Crippen molar-refractivity contribution in [1.82, 2.24) is 24.0 Å². The van der Waals surface area contributed by atoms with Gasteiger partial charge in [-0.05, 0) is 43.9 Å². The van der Waals surface area contributed by atoms with Crippen LogP contribution in [0.2, 0.25) is 0 Å². The van der Waals surface area contributed by atoms with Crippen molar-refractivity contribution in [1.29, 1.82) is 0 Å². The lowest BCUT2D eigenvalue weighted by molar-refractivity contribution is -0.136. The standard InChI is InChI=1S/C20H29N5O3S/c1-4-13-29(27,28)25-12-6-5-7-19(25)20(26)23(3)16(2)17-8-10-18(11-9-17)24-15-21-14-22-24/h8-11,14-16,19H,4-7,12-13H2,1-3H3. The Balaban J connectivity index is 1.75. The third-order valence-corrected chi connectivity index (χ3v) is 7.62. The van der Waals surface area contributed by atoms with E-state index in [0.717, 1.165) is 24.1 Å². The highest BCUT2D eigenvalue weighted by Crippen LogP contribution is 2.27. The third kappa shape index (κ3) is 4.67. The first-order valence-corrected chi connectivity index (χ1v) is 11.7. The molecule has 1 aromatic heterocycles. The summed E-state index contributed by atoms with van der Waals surface area (Å²) in [6.07, 6.45) is 5.89. The number of amides is 1. The molecule has 1 aliphatic rings. The predicted molar refractivity (Wildman–Crippen MR) is 111 cm³/mol. The lowest BCUT2D eigenvalue weighted by Gasteiger charge is -2.37. The lowest BCUT2D eigenvalue weighted by Crippen LogP contribution is -2.53. The smallest absolute Gasteiger partial charge is 0.241 e. The van der Waals surface area contributed by atoms with Gasteiger partial charge in [0.25, 0.3) is 0 Å². The highest BCUT2D eigenvalue weighted by Gasteiger charge is 2.38. The van der Waals surface area contributed by atoms with Gasteiger partial charge in [-0.15, -0.1) is 0 Å². The van der Waals surface area contributed by atoms with E-state index in [1.165, 1.54) is 10.6 Å². The normalized spacial score (nSPS) is 19.1. The largest absolute Gasteiger partial charge is 0.338 e. The molecule has 3 rings (SSSR count). The molecule has 1 fully saturated rings. The molecule has 2 unspecified atom stereocenters. The zero-order valence-corrected chi connectivity index (χ0v) is 18.0. The van der Waals surface area contributed by atoms with Crippen molar-refractivity contribution in [2.75, 3.05) is 19.3 Å². The van der Waals surface area contributed by atoms with Crippen LogP contribution in [0.15, 0.2) is 36.9 Å². The Morgan fingerprint density at radius 2 is 2.00 bits per heavy atom. The van der Waals surface area contributed by atoms with Crippen LogP contribution in [0.3, 0.4) is 0 Å². The molecule has 1 aliphatic heterocycles. The Bertz CT molecular complexity index is 912. The van der Waals surface area contributed by atoms with Crippen molar-refractivity contribution in [3.8, 4) is 5.69 Å². The van der Waals surface area contributed by atoms with Gasteiger partial charge in [0.1, 0.15) is 18.7 Å². The number of carbonyl (C=O) groups excluding carboxylic acids is 1. The van der Waals surface area contributed by atoms with E-state index in [9.17, 15) is 13.2 Å². The molecule has 29 heavy (non-hydrogen) atoms. The van der Waals surface area contributed by atoms with Gasteiger partial charge in [-0.3, -0.25) is 4.79 Å². The molecule has 2 aromatic rings. The summed E-state index contributed by atoms with van der Waals surface area (Å²) in [6.45, 7) is 4.22. The Labute approximate surface area is 172 Å². The lowest BCUT2D eigenvalue weighted by atomic mass is 10.0. The minimum Gasteiger partial charge on any atom is -0.338 e. The van der Waals surface area contributed by atoms with Crippen LogP contribution in [0.5, 0.6) is 0 Å². The summed E-state index contributed by atoms with van der Waals surface area (Å²) in [6, 6.07) is 6.98. The quantitative estimate of drug-likeness (QED) is 0.687. The Morgan fingerprint density at radius 3 is 2.62 bits per heavy atom. The molecule has 8 nitrogen and oxygen atoms in total. The summed E-state index contributed by atoms with van der Waals surface area (Å²) in [5.74, 6) is -0.0583. The van der Waals surface area contributed by atoms with E-state index in [4.69, 9.17) is 0 Å². The molecule has 0 bridgehead atoms. The van der Waals surface area contributed by atoms with Crippen LogP contribution in [0, 0.1) is 0 Å². The highest BCUT2D eigenvalue weighted by atomic mass is 32.2. The summed E-state index contributed by atoms with van der Waals surface area (Å²) < 4.78 is 28.4. The molecule has 0 spiro atoms. The van der Waals surface area contributed by atoms with Gasteiger partial charge in [0, 0.05) is 13.6 Å². The van der Waals surface area contributed by atoms with Crippen molar-refractivity contribution in [3.05, 3.63) is 42.5 Å². The number of likely N-dealkylation sites (N-methyl/N-ethyl adjacent to an activating group) is 1. The number of hydrogen-bond acceptors (Lipinski definition) is 5. The first-order chi connectivity index (χ1) is 13.8. The molecular weight excluding hydrogens is 390 g/mol. The molecule has 1 saturated heterocycles. The summed E-state index contributed by atoms with van der Waals surface area (Å²) in [5.41, 5.74) is 1.86. The van der Waals surface area contributed by atoms with Gasteiger partial charge < -0.3 is 4.90 Å². The van der Waals surface area contributed by atoms with Crippen LogP contribution < -0.4 is 0 Å². The van der Waals surface area contributed by atoms with Crippen molar-refractivity contribution in [2.24, 2.45) is 0 Å². The molecule has 0 N–H and O–H groups in total. The molecule has 0 saturated carbocycles. The molecule has 2 atom stereocenters. The Hall–Kier alpha value is -2.26. The minimum absolute atomic E-state index is 0.0831. The van der Waals surface area contributed by atoms with Gasteiger partial charge >= 0.3 is 0 Å². The summed E-state index contributed by atoms with van der Waals surface area (Å²) in [7, 11) is -1.66.